The van der Waals surface area contributed by atoms with Crippen molar-refractivity contribution in [1.29, 1.82) is 0 Å². The van der Waals surface area contributed by atoms with Gasteiger partial charge in [-0.05, 0) is 79.2 Å². The number of fused-ring (bicyclic) bond motifs is 14. The molecule has 1 aliphatic carbocycles. The van der Waals surface area contributed by atoms with E-state index in [2.05, 4.69) is 158 Å². The SMILES string of the molecule is Bc1ccc2c(c1)C1(c3ccccc3N(c3ccccc3)c3ccccc31)c1c-2c2ccccc2c2ccccc12. The Hall–Kier alpha value is -5.08. The lowest BCUT2D eigenvalue weighted by molar-refractivity contribution is 0.760. The summed E-state index contributed by atoms with van der Waals surface area (Å²) in [4.78, 5) is 2.45. The van der Waals surface area contributed by atoms with Gasteiger partial charge in [0, 0.05) is 5.69 Å². The van der Waals surface area contributed by atoms with Crippen LogP contribution >= 0.6 is 0 Å². The maximum Gasteiger partial charge on any atom is 0.139 e. The van der Waals surface area contributed by atoms with E-state index >= 15 is 0 Å². The summed E-state index contributed by atoms with van der Waals surface area (Å²) in [6, 6.07) is 54.0. The molecule has 0 saturated heterocycles. The molecule has 2 heteroatoms. The van der Waals surface area contributed by atoms with Crippen LogP contribution in [0.2, 0.25) is 0 Å². The first-order chi connectivity index (χ1) is 20.3. The third-order valence-corrected chi connectivity index (χ3v) is 9.27. The maximum atomic E-state index is 2.45. The molecule has 7 aromatic rings. The van der Waals surface area contributed by atoms with Crippen LogP contribution in [0.25, 0.3) is 32.7 Å². The Morgan fingerprint density at radius 3 is 1.68 bits per heavy atom. The van der Waals surface area contributed by atoms with Crippen LogP contribution in [0.3, 0.4) is 0 Å². The average molecular weight is 519 g/mol. The second-order valence-electron chi connectivity index (χ2n) is 11.3. The molecule has 1 spiro atoms. The molecule has 0 atom stereocenters. The third-order valence-electron chi connectivity index (χ3n) is 9.27. The van der Waals surface area contributed by atoms with Gasteiger partial charge in [0.1, 0.15) is 7.85 Å². The van der Waals surface area contributed by atoms with Gasteiger partial charge in [-0.2, -0.15) is 0 Å². The van der Waals surface area contributed by atoms with Gasteiger partial charge in [0.05, 0.1) is 16.8 Å². The van der Waals surface area contributed by atoms with Crippen molar-refractivity contribution < 1.29 is 0 Å². The third kappa shape index (κ3) is 2.82. The summed E-state index contributed by atoms with van der Waals surface area (Å²) in [5, 5.41) is 5.27. The molecule has 0 aromatic heterocycles. The van der Waals surface area contributed by atoms with Crippen LogP contribution in [-0.2, 0) is 5.41 Å². The first kappa shape index (κ1) is 22.7. The lowest BCUT2D eigenvalue weighted by Gasteiger charge is -2.45. The number of nitrogens with zero attached hydrogens (tertiary/aromatic N) is 1. The van der Waals surface area contributed by atoms with Gasteiger partial charge in [-0.15, -0.1) is 0 Å². The molecule has 7 aromatic carbocycles. The lowest BCUT2D eigenvalue weighted by atomic mass is 9.63. The molecule has 9 rings (SSSR count). The molecule has 1 heterocycles. The Morgan fingerprint density at radius 2 is 1.00 bits per heavy atom. The van der Waals surface area contributed by atoms with Crippen LogP contribution in [0.1, 0.15) is 22.3 Å². The summed E-state index contributed by atoms with van der Waals surface area (Å²) in [6.07, 6.45) is 0. The van der Waals surface area contributed by atoms with Crippen LogP contribution in [0.15, 0.2) is 146 Å². The minimum Gasteiger partial charge on any atom is -0.310 e. The van der Waals surface area contributed by atoms with Gasteiger partial charge in [0.2, 0.25) is 0 Å². The monoisotopic (exact) mass is 519 g/mol. The van der Waals surface area contributed by atoms with E-state index < -0.39 is 5.41 Å². The minimum absolute atomic E-state index is 0.460. The Morgan fingerprint density at radius 1 is 0.463 bits per heavy atom. The second kappa shape index (κ2) is 8.22. The molecule has 0 saturated carbocycles. The van der Waals surface area contributed by atoms with E-state index in [-0.39, 0.29) is 0 Å². The molecule has 1 nitrogen and oxygen atoms in total. The fraction of sp³-hybridized carbons (Fsp3) is 0.0256. The second-order valence-corrected chi connectivity index (χ2v) is 11.3. The highest BCUT2D eigenvalue weighted by Gasteiger charge is 2.53. The highest BCUT2D eigenvalue weighted by Crippen LogP contribution is 2.65. The van der Waals surface area contributed by atoms with Gasteiger partial charge < -0.3 is 4.90 Å². The molecule has 0 radical (unpaired) electrons. The standard InChI is InChI=1S/C39H26BN/c40-25-22-23-31-34(24-25)39(38-30-17-7-5-15-28(30)27-14-4-6-16-29(27)37(31)38)32-18-8-10-20-35(32)41(26-12-2-1-3-13-26)36-21-11-9-19-33(36)39/h1-24H,40H2. The molecule has 0 bridgehead atoms. The van der Waals surface area contributed by atoms with Crippen LogP contribution < -0.4 is 10.4 Å². The van der Waals surface area contributed by atoms with E-state index in [4.69, 9.17) is 0 Å². The lowest BCUT2D eigenvalue weighted by Crippen LogP contribution is -2.36. The summed E-state index contributed by atoms with van der Waals surface area (Å²) in [7, 11) is 2.23. The van der Waals surface area contributed by atoms with Crippen LogP contribution in [-0.4, -0.2) is 7.85 Å². The molecule has 0 unspecified atom stereocenters. The smallest absolute Gasteiger partial charge is 0.139 e. The zero-order valence-electron chi connectivity index (χ0n) is 22.8. The van der Waals surface area contributed by atoms with E-state index in [1.807, 2.05) is 0 Å². The van der Waals surface area contributed by atoms with Gasteiger partial charge >= 0.3 is 0 Å². The van der Waals surface area contributed by atoms with Crippen LogP contribution in [0, 0.1) is 0 Å². The summed E-state index contributed by atoms with van der Waals surface area (Å²) in [5.41, 5.74) is 12.6. The topological polar surface area (TPSA) is 3.24 Å². The van der Waals surface area contributed by atoms with Gasteiger partial charge in [-0.3, -0.25) is 0 Å². The number of benzene rings is 7. The first-order valence-electron chi connectivity index (χ1n) is 14.4. The zero-order valence-corrected chi connectivity index (χ0v) is 22.8. The highest BCUT2D eigenvalue weighted by molar-refractivity contribution is 6.33. The van der Waals surface area contributed by atoms with E-state index in [9.17, 15) is 0 Å². The number of anilines is 3. The quantitative estimate of drug-likeness (QED) is 0.156. The maximum absolute atomic E-state index is 2.45. The molecule has 2 aliphatic rings. The van der Waals surface area contributed by atoms with Crippen LogP contribution in [0.4, 0.5) is 17.1 Å². The Labute approximate surface area is 240 Å². The first-order valence-corrected chi connectivity index (χ1v) is 14.4. The van der Waals surface area contributed by atoms with E-state index in [0.717, 1.165) is 0 Å². The van der Waals surface area contributed by atoms with Crippen LogP contribution in [0.5, 0.6) is 0 Å². The summed E-state index contributed by atoms with van der Waals surface area (Å²) < 4.78 is 0. The number of para-hydroxylation sites is 3. The Kier molecular flexibility index (Phi) is 4.55. The molecular formula is C39H26BN. The molecule has 0 fully saturated rings. The van der Waals surface area contributed by atoms with Crippen molar-refractivity contribution >= 4 is 51.9 Å². The fourth-order valence-electron chi connectivity index (χ4n) is 7.79. The van der Waals surface area contributed by atoms with Crippen molar-refractivity contribution in [2.75, 3.05) is 4.90 Å². The van der Waals surface area contributed by atoms with Gasteiger partial charge in [-0.25, -0.2) is 0 Å². The summed E-state index contributed by atoms with van der Waals surface area (Å²) in [6.45, 7) is 0. The Balaban J connectivity index is 1.55. The zero-order chi connectivity index (χ0) is 27.1. The number of rotatable bonds is 1. The molecule has 1 aliphatic heterocycles. The number of hydrogen-bond acceptors (Lipinski definition) is 1. The van der Waals surface area contributed by atoms with Crippen molar-refractivity contribution in [2.24, 2.45) is 0 Å². The van der Waals surface area contributed by atoms with Crippen molar-refractivity contribution in [3.8, 4) is 11.1 Å². The molecule has 0 N–H and O–H groups in total. The predicted molar refractivity (Wildman–Crippen MR) is 175 cm³/mol. The van der Waals surface area contributed by atoms with Gasteiger partial charge in [0.25, 0.3) is 0 Å². The van der Waals surface area contributed by atoms with Crippen molar-refractivity contribution in [2.45, 2.75) is 5.41 Å². The largest absolute Gasteiger partial charge is 0.310 e. The molecular weight excluding hydrogens is 493 g/mol. The average Bonchev–Trinajstić information content (AvgIpc) is 3.33. The predicted octanol–water partition coefficient (Wildman–Crippen LogP) is 8.40. The van der Waals surface area contributed by atoms with Crippen molar-refractivity contribution in [3.63, 3.8) is 0 Å². The van der Waals surface area contributed by atoms with Crippen molar-refractivity contribution in [1.82, 2.24) is 0 Å². The highest BCUT2D eigenvalue weighted by atomic mass is 15.2. The van der Waals surface area contributed by atoms with E-state index in [0.29, 0.717) is 0 Å². The van der Waals surface area contributed by atoms with E-state index in [1.165, 1.54) is 77.5 Å². The molecule has 41 heavy (non-hydrogen) atoms. The van der Waals surface area contributed by atoms with Gasteiger partial charge in [0.15, 0.2) is 0 Å². The normalized spacial score (nSPS) is 14.1. The fourth-order valence-corrected chi connectivity index (χ4v) is 7.79. The van der Waals surface area contributed by atoms with Gasteiger partial charge in [-0.1, -0.05) is 127 Å². The minimum atomic E-state index is -0.460. The van der Waals surface area contributed by atoms with Crippen molar-refractivity contribution in [3.05, 3.63) is 168 Å². The van der Waals surface area contributed by atoms with E-state index in [1.54, 1.807) is 0 Å². The molecule has 0 amide bonds. The summed E-state index contributed by atoms with van der Waals surface area (Å²) >= 11 is 0. The summed E-state index contributed by atoms with van der Waals surface area (Å²) in [5.74, 6) is 0. The number of hydrogen-bond donors (Lipinski definition) is 0. The Bertz CT molecular complexity index is 2130. The molecule has 190 valence electrons.